The Bertz CT molecular complexity index is 2000. The number of carbonyl (C=O) groups is 4. The molecule has 14 nitrogen and oxygen atoms in total. The van der Waals surface area contributed by atoms with E-state index >= 15 is 0 Å². The zero-order valence-electron chi connectivity index (χ0n) is 32.2. The summed E-state index contributed by atoms with van der Waals surface area (Å²) < 4.78 is 40.3. The largest absolute Gasteiger partial charge is 0.471 e. The van der Waals surface area contributed by atoms with Crippen molar-refractivity contribution in [1.29, 1.82) is 0 Å². The average Bonchev–Trinajstić information content (AvgIpc) is 3.97. The number of hydrogen-bond acceptors (Lipinski definition) is 10. The minimum Gasteiger partial charge on any atom is -0.471 e. The predicted octanol–water partition coefficient (Wildman–Crippen LogP) is 4.75. The summed E-state index contributed by atoms with van der Waals surface area (Å²) in [5.41, 5.74) is 0.638. The first-order valence-corrected chi connectivity index (χ1v) is 22.2. The number of carbonyl (C=O) groups excluding carboxylic acids is 4. The van der Waals surface area contributed by atoms with Crippen LogP contribution in [0.3, 0.4) is 0 Å². The van der Waals surface area contributed by atoms with Crippen LogP contribution in [-0.4, -0.2) is 88.2 Å². The molecule has 0 spiro atoms. The van der Waals surface area contributed by atoms with E-state index in [4.69, 9.17) is 19.4 Å². The van der Waals surface area contributed by atoms with Crippen LogP contribution in [0.1, 0.15) is 115 Å². The molecule has 3 N–H and O–H groups in total. The van der Waals surface area contributed by atoms with Crippen molar-refractivity contribution >= 4 is 44.9 Å². The van der Waals surface area contributed by atoms with E-state index in [0.717, 1.165) is 63.3 Å². The molecule has 6 aliphatic rings. The van der Waals surface area contributed by atoms with E-state index in [2.05, 4.69) is 15.4 Å². The topological polar surface area (TPSA) is 186 Å². The zero-order valence-corrected chi connectivity index (χ0v) is 33.0. The van der Waals surface area contributed by atoms with Crippen molar-refractivity contribution in [3.05, 3.63) is 42.1 Å². The summed E-state index contributed by atoms with van der Waals surface area (Å²) in [7, 11) is -3.98. The molecule has 1 saturated heterocycles. The lowest BCUT2D eigenvalue weighted by atomic mass is 9.97. The fourth-order valence-electron chi connectivity index (χ4n) is 9.06. The van der Waals surface area contributed by atoms with Gasteiger partial charge >= 0.3 is 6.09 Å². The fourth-order valence-corrected chi connectivity index (χ4v) is 10.4. The van der Waals surface area contributed by atoms with Crippen LogP contribution >= 0.6 is 0 Å². The Morgan fingerprint density at radius 1 is 0.929 bits per heavy atom. The van der Waals surface area contributed by atoms with Gasteiger partial charge in [-0.25, -0.2) is 23.2 Å². The highest BCUT2D eigenvalue weighted by molar-refractivity contribution is 7.91. The maximum Gasteiger partial charge on any atom is 0.408 e. The molecule has 3 aliphatic carbocycles. The summed E-state index contributed by atoms with van der Waals surface area (Å²) in [6, 6.07) is 5.56. The molecule has 4 fully saturated rings. The number of allylic oxidation sites excluding steroid dienone is 1. The Balaban J connectivity index is 1.13. The number of fused-ring (bicyclic) bond motifs is 6. The predicted molar refractivity (Wildman–Crippen MR) is 207 cm³/mol. The van der Waals surface area contributed by atoms with Crippen molar-refractivity contribution in [1.82, 2.24) is 30.2 Å². The number of amides is 4. The van der Waals surface area contributed by atoms with Gasteiger partial charge in [-0.05, 0) is 102 Å². The first-order valence-electron chi connectivity index (χ1n) is 20.7. The van der Waals surface area contributed by atoms with Crippen molar-refractivity contribution in [2.24, 2.45) is 11.8 Å². The number of aromatic nitrogens is 2. The third-order valence-electron chi connectivity index (χ3n) is 13.0. The highest BCUT2D eigenvalue weighted by atomic mass is 32.2. The van der Waals surface area contributed by atoms with E-state index < -0.39 is 68.2 Å². The Labute approximate surface area is 328 Å². The summed E-state index contributed by atoms with van der Waals surface area (Å²) in [4.78, 5) is 67.9. The molecule has 1 aromatic heterocycles. The average molecular weight is 791 g/mol. The number of para-hydroxylation sites is 2. The monoisotopic (exact) mass is 790 g/mol. The molecule has 3 bridgehead atoms. The minimum absolute atomic E-state index is 0.0258. The second-order valence-electron chi connectivity index (χ2n) is 17.1. The molecule has 3 saturated carbocycles. The van der Waals surface area contributed by atoms with Crippen LogP contribution in [-0.2, 0) is 35.6 Å². The molecule has 302 valence electrons. The Morgan fingerprint density at radius 3 is 2.48 bits per heavy atom. The number of nitrogens with one attached hydrogen (secondary N) is 3. The fraction of sp³-hybridized carbons (Fsp3) is 0.659. The smallest absolute Gasteiger partial charge is 0.408 e. The number of nitrogens with zero attached hydrogens (tertiary/aromatic N) is 3. The zero-order chi connectivity index (χ0) is 39.1. The molecule has 4 heterocycles. The van der Waals surface area contributed by atoms with Gasteiger partial charge in [0, 0.05) is 12.3 Å². The van der Waals surface area contributed by atoms with Crippen LogP contribution in [0.5, 0.6) is 5.88 Å². The molecular weight excluding hydrogens is 737 g/mol. The summed E-state index contributed by atoms with van der Waals surface area (Å²) in [5, 5.41) is 5.82. The number of alkyl carbamates (subject to hydrolysis) is 1. The van der Waals surface area contributed by atoms with Crippen LogP contribution in [0.4, 0.5) is 4.79 Å². The van der Waals surface area contributed by atoms with Crippen LogP contribution in [0.2, 0.25) is 0 Å². The van der Waals surface area contributed by atoms with Crippen molar-refractivity contribution in [2.45, 2.75) is 151 Å². The standard InChI is InChI=1S/C41H54N6O8S/c1-40(21-22-40)56(52,53)46-38(50)41-24-27(41)15-7-3-2-4-8-19-32-37(49)47-25-28(23-33(47)35(48)45-41)54-36-31(42-29-16-10-11-17-30(29)43-36)18-9-5-6-13-26-14-12-20-34(26)55-39(51)44-32/h7,10-11,15-17,26-28,32-34H,2-6,8-9,12-14,18-25H2,1H3,(H,44,51)(H,45,48)(H,46,50)/b15-7-. The molecule has 0 radical (unpaired) electrons. The summed E-state index contributed by atoms with van der Waals surface area (Å²) in [5.74, 6) is -1.61. The molecule has 8 rings (SSSR count). The molecule has 7 unspecified atom stereocenters. The van der Waals surface area contributed by atoms with E-state index in [1.807, 2.05) is 36.4 Å². The second-order valence-corrected chi connectivity index (χ2v) is 19.3. The Morgan fingerprint density at radius 2 is 1.68 bits per heavy atom. The number of benzene rings is 1. The lowest BCUT2D eigenvalue weighted by Crippen LogP contribution is -2.58. The molecule has 7 atom stereocenters. The van der Waals surface area contributed by atoms with Crippen molar-refractivity contribution in [3.63, 3.8) is 0 Å². The molecule has 15 heteroatoms. The summed E-state index contributed by atoms with van der Waals surface area (Å²) in [6.45, 7) is 1.63. The second kappa shape index (κ2) is 15.6. The SMILES string of the molecule is CC1(S(=O)(=O)NC(=O)C23CC2/C=C\CCCCCC2NC(=O)OC4CCCC4CCCCCc4nc5ccccc5nc4OC4CC(C(=O)N3)N(C4)C2=O)CC1. The van der Waals surface area contributed by atoms with Gasteiger partial charge in [0.1, 0.15) is 35.5 Å². The Hall–Kier alpha value is -4.27. The first-order chi connectivity index (χ1) is 26.9. The van der Waals surface area contributed by atoms with Crippen LogP contribution in [0, 0.1) is 11.8 Å². The van der Waals surface area contributed by atoms with Gasteiger partial charge in [0.15, 0.2) is 0 Å². The van der Waals surface area contributed by atoms with Gasteiger partial charge in [-0.15, -0.1) is 0 Å². The third-order valence-corrected chi connectivity index (χ3v) is 15.1. The van der Waals surface area contributed by atoms with E-state index in [1.54, 1.807) is 6.92 Å². The maximum atomic E-state index is 14.7. The lowest BCUT2D eigenvalue weighted by Gasteiger charge is -2.30. The van der Waals surface area contributed by atoms with Crippen LogP contribution < -0.4 is 20.1 Å². The summed E-state index contributed by atoms with van der Waals surface area (Å²) >= 11 is 0. The number of rotatable bonds is 3. The van der Waals surface area contributed by atoms with E-state index in [0.29, 0.717) is 55.6 Å². The van der Waals surface area contributed by atoms with Gasteiger partial charge in [-0.3, -0.25) is 19.1 Å². The van der Waals surface area contributed by atoms with Crippen molar-refractivity contribution in [3.8, 4) is 5.88 Å². The van der Waals surface area contributed by atoms with Crippen molar-refractivity contribution in [2.75, 3.05) is 6.54 Å². The highest BCUT2D eigenvalue weighted by Crippen LogP contribution is 2.47. The molecule has 2 aromatic rings. The maximum absolute atomic E-state index is 14.7. The van der Waals surface area contributed by atoms with Gasteiger partial charge in [0.2, 0.25) is 27.7 Å². The minimum atomic E-state index is -3.98. The van der Waals surface area contributed by atoms with E-state index in [1.165, 1.54) is 4.90 Å². The van der Waals surface area contributed by atoms with E-state index in [-0.39, 0.29) is 31.4 Å². The number of ether oxygens (including phenoxy) is 2. The third kappa shape index (κ3) is 7.97. The molecule has 56 heavy (non-hydrogen) atoms. The van der Waals surface area contributed by atoms with Crippen LogP contribution in [0.25, 0.3) is 11.0 Å². The normalized spacial score (nSPS) is 33.0. The van der Waals surface area contributed by atoms with Gasteiger partial charge in [-0.1, -0.05) is 50.0 Å². The number of aryl methyl sites for hydroxylation is 1. The van der Waals surface area contributed by atoms with Crippen LogP contribution in [0.15, 0.2) is 36.4 Å². The molecule has 3 aliphatic heterocycles. The summed E-state index contributed by atoms with van der Waals surface area (Å²) in [6.07, 6.45) is 14.0. The number of sulfonamides is 1. The molecule has 4 amide bonds. The number of hydrogen-bond donors (Lipinski definition) is 3. The first kappa shape index (κ1) is 38.6. The quantitative estimate of drug-likeness (QED) is 0.367. The molecule has 1 aromatic carbocycles. The highest BCUT2D eigenvalue weighted by Gasteiger charge is 2.63. The van der Waals surface area contributed by atoms with Gasteiger partial charge in [-0.2, -0.15) is 0 Å². The van der Waals surface area contributed by atoms with Crippen molar-refractivity contribution < 1.29 is 37.1 Å². The van der Waals surface area contributed by atoms with E-state index in [9.17, 15) is 27.6 Å². The Kier molecular flexibility index (Phi) is 10.7. The molecular formula is C41H54N6O8S. The van der Waals surface area contributed by atoms with Gasteiger partial charge in [0.25, 0.3) is 5.91 Å². The lowest BCUT2D eigenvalue weighted by molar-refractivity contribution is -0.141. The van der Waals surface area contributed by atoms with Gasteiger partial charge in [0.05, 0.1) is 22.3 Å². The van der Waals surface area contributed by atoms with Gasteiger partial charge < -0.3 is 25.0 Å².